The lowest BCUT2D eigenvalue weighted by atomic mass is 9.79. The molecule has 0 aliphatic rings. The number of rotatable bonds is 1. The van der Waals surface area contributed by atoms with Crippen LogP contribution >= 0.6 is 12.4 Å². The van der Waals surface area contributed by atoms with Crippen molar-refractivity contribution in [2.75, 3.05) is 0 Å². The molecule has 0 aromatic heterocycles. The van der Waals surface area contributed by atoms with Gasteiger partial charge < -0.3 is 9.84 Å². The van der Waals surface area contributed by atoms with Crippen LogP contribution in [0.4, 0.5) is 4.79 Å². The topological polar surface area (TPSA) is 46.5 Å². The van der Waals surface area contributed by atoms with Crippen molar-refractivity contribution in [3.05, 3.63) is 29.3 Å². The van der Waals surface area contributed by atoms with Gasteiger partial charge in [0.1, 0.15) is 5.75 Å². The molecule has 0 bridgehead atoms. The molecule has 0 unspecified atom stereocenters. The average molecular weight is 287 g/mol. The van der Waals surface area contributed by atoms with E-state index < -0.39 is 6.16 Å². The van der Waals surface area contributed by atoms with Gasteiger partial charge in [-0.25, -0.2) is 4.79 Å². The Morgan fingerprint density at radius 2 is 1.37 bits per heavy atom. The van der Waals surface area contributed by atoms with Gasteiger partial charge in [-0.05, 0) is 10.8 Å². The van der Waals surface area contributed by atoms with Gasteiger partial charge in [0.15, 0.2) is 0 Å². The monoisotopic (exact) mass is 286 g/mol. The first-order valence-corrected chi connectivity index (χ1v) is 6.08. The van der Waals surface area contributed by atoms with E-state index in [1.54, 1.807) is 0 Å². The third kappa shape index (κ3) is 4.43. The van der Waals surface area contributed by atoms with Crippen LogP contribution in [0.1, 0.15) is 52.7 Å². The molecule has 0 fully saturated rings. The average Bonchev–Trinajstić information content (AvgIpc) is 2.13. The third-order valence-electron chi connectivity index (χ3n) is 2.82. The minimum Gasteiger partial charge on any atom is -0.449 e. The first kappa shape index (κ1) is 17.8. The van der Waals surface area contributed by atoms with E-state index in [1.807, 2.05) is 59.7 Å². The van der Waals surface area contributed by atoms with Crippen LogP contribution in [0.2, 0.25) is 0 Å². The van der Waals surface area contributed by atoms with Crippen molar-refractivity contribution >= 4 is 18.6 Å². The van der Waals surface area contributed by atoms with Crippen LogP contribution in [-0.4, -0.2) is 11.3 Å². The second-order valence-corrected chi connectivity index (χ2v) is 6.55. The van der Waals surface area contributed by atoms with E-state index >= 15 is 0 Å². The van der Waals surface area contributed by atoms with Gasteiger partial charge in [0, 0.05) is 11.1 Å². The van der Waals surface area contributed by atoms with Crippen LogP contribution < -0.4 is 4.74 Å². The Bertz CT molecular complexity index is 421. The van der Waals surface area contributed by atoms with E-state index in [0.29, 0.717) is 5.75 Å². The van der Waals surface area contributed by atoms with Gasteiger partial charge in [0.2, 0.25) is 0 Å². The quantitative estimate of drug-likeness (QED) is 0.598. The fraction of sp³-hybridized carbons (Fsp3) is 0.533. The molecule has 19 heavy (non-hydrogen) atoms. The van der Waals surface area contributed by atoms with Crippen molar-refractivity contribution in [2.24, 2.45) is 0 Å². The molecule has 4 heteroatoms. The summed E-state index contributed by atoms with van der Waals surface area (Å²) in [6.07, 6.45) is -1.27. The van der Waals surface area contributed by atoms with E-state index in [2.05, 4.69) is 0 Å². The Balaban J connectivity index is 0.00000324. The van der Waals surface area contributed by atoms with Gasteiger partial charge in [0.05, 0.1) is 0 Å². The number of hydrogen-bond acceptors (Lipinski definition) is 2. The van der Waals surface area contributed by atoms with Gasteiger partial charge in [0.25, 0.3) is 0 Å². The lowest BCUT2D eigenvalue weighted by Crippen LogP contribution is -2.21. The van der Waals surface area contributed by atoms with Gasteiger partial charge in [-0.2, -0.15) is 0 Å². The summed E-state index contributed by atoms with van der Waals surface area (Å²) >= 11 is 0. The van der Waals surface area contributed by atoms with Gasteiger partial charge in [-0.15, -0.1) is 12.4 Å². The number of hydrogen-bond donors (Lipinski definition) is 1. The van der Waals surface area contributed by atoms with E-state index in [4.69, 9.17) is 9.84 Å². The number of para-hydroxylation sites is 1. The molecule has 0 saturated heterocycles. The highest BCUT2D eigenvalue weighted by atomic mass is 35.5. The maximum absolute atomic E-state index is 10.9. The molecule has 3 nitrogen and oxygen atoms in total. The summed E-state index contributed by atoms with van der Waals surface area (Å²) in [5, 5.41) is 8.93. The highest BCUT2D eigenvalue weighted by molar-refractivity contribution is 5.85. The summed E-state index contributed by atoms with van der Waals surface area (Å²) in [7, 11) is 0. The number of benzene rings is 1. The molecule has 0 saturated carbocycles. The first-order valence-electron chi connectivity index (χ1n) is 6.08. The highest BCUT2D eigenvalue weighted by Crippen LogP contribution is 2.39. The smallest absolute Gasteiger partial charge is 0.449 e. The molecule has 1 rings (SSSR count). The van der Waals surface area contributed by atoms with Crippen molar-refractivity contribution < 1.29 is 14.6 Å². The zero-order chi connectivity index (χ0) is 14.1. The standard InChI is InChI=1S/C15H22O3.ClH/c1-14(2,3)10-8-7-9-11(15(4,5)6)12(10)18-13(16)17;/h7-9H,1-6H3,(H,16,17);1H. The van der Waals surface area contributed by atoms with E-state index in [-0.39, 0.29) is 23.2 Å². The molecule has 0 radical (unpaired) electrons. The molecule has 1 N–H and O–H groups in total. The molecule has 1 aromatic rings. The van der Waals surface area contributed by atoms with E-state index in [0.717, 1.165) is 11.1 Å². The molecule has 0 atom stereocenters. The number of carbonyl (C=O) groups is 1. The fourth-order valence-electron chi connectivity index (χ4n) is 1.92. The molecule has 108 valence electrons. The molecular formula is C15H23ClO3. The lowest BCUT2D eigenvalue weighted by Gasteiger charge is -2.28. The summed E-state index contributed by atoms with van der Waals surface area (Å²) in [6, 6.07) is 5.80. The molecular weight excluding hydrogens is 264 g/mol. The first-order chi connectivity index (χ1) is 8.03. The van der Waals surface area contributed by atoms with Crippen LogP contribution in [0, 0.1) is 0 Å². The summed E-state index contributed by atoms with van der Waals surface area (Å²) in [5.74, 6) is 0.477. The zero-order valence-corrected chi connectivity index (χ0v) is 13.2. The van der Waals surface area contributed by atoms with Gasteiger partial charge >= 0.3 is 6.16 Å². The van der Waals surface area contributed by atoms with Crippen molar-refractivity contribution in [1.82, 2.24) is 0 Å². The second kappa shape index (κ2) is 5.83. The Morgan fingerprint density at radius 3 is 1.63 bits per heavy atom. The van der Waals surface area contributed by atoms with Crippen LogP contribution in [-0.2, 0) is 10.8 Å². The van der Waals surface area contributed by atoms with E-state index in [1.165, 1.54) is 0 Å². The van der Waals surface area contributed by atoms with Crippen molar-refractivity contribution in [2.45, 2.75) is 52.4 Å². The SMILES string of the molecule is CC(C)(C)c1cccc(C(C)(C)C)c1OC(=O)O.Cl. The molecule has 1 aromatic carbocycles. The predicted octanol–water partition coefficient (Wildman–Crippen LogP) is 4.76. The van der Waals surface area contributed by atoms with Crippen molar-refractivity contribution in [1.29, 1.82) is 0 Å². The number of ether oxygens (including phenoxy) is 1. The maximum atomic E-state index is 10.9. The fourth-order valence-corrected chi connectivity index (χ4v) is 1.92. The molecule has 0 aliphatic heterocycles. The molecule has 0 heterocycles. The van der Waals surface area contributed by atoms with Crippen molar-refractivity contribution in [3.63, 3.8) is 0 Å². The second-order valence-electron chi connectivity index (χ2n) is 6.55. The Labute approximate surface area is 121 Å². The lowest BCUT2D eigenvalue weighted by molar-refractivity contribution is 0.142. The maximum Gasteiger partial charge on any atom is 0.511 e. The molecule has 0 spiro atoms. The largest absolute Gasteiger partial charge is 0.511 e. The van der Waals surface area contributed by atoms with Gasteiger partial charge in [-0.1, -0.05) is 59.7 Å². The van der Waals surface area contributed by atoms with Crippen LogP contribution in [0.3, 0.4) is 0 Å². The predicted molar refractivity (Wildman–Crippen MR) is 79.7 cm³/mol. The summed E-state index contributed by atoms with van der Waals surface area (Å²) in [6.45, 7) is 12.3. The third-order valence-corrected chi connectivity index (χ3v) is 2.82. The number of carboxylic acid groups (broad SMARTS) is 1. The van der Waals surface area contributed by atoms with Crippen LogP contribution in [0.25, 0.3) is 0 Å². The normalized spacial score (nSPS) is 11.7. The molecule has 0 aliphatic carbocycles. The summed E-state index contributed by atoms with van der Waals surface area (Å²) in [5.41, 5.74) is 1.51. The summed E-state index contributed by atoms with van der Waals surface area (Å²) < 4.78 is 5.05. The zero-order valence-electron chi connectivity index (χ0n) is 12.4. The minimum atomic E-state index is -1.27. The van der Waals surface area contributed by atoms with Crippen LogP contribution in [0.15, 0.2) is 18.2 Å². The van der Waals surface area contributed by atoms with Crippen molar-refractivity contribution in [3.8, 4) is 5.75 Å². The minimum absolute atomic E-state index is 0. The summed E-state index contributed by atoms with van der Waals surface area (Å²) in [4.78, 5) is 10.9. The van der Waals surface area contributed by atoms with E-state index in [9.17, 15) is 4.79 Å². The van der Waals surface area contributed by atoms with Gasteiger partial charge in [-0.3, -0.25) is 0 Å². The van der Waals surface area contributed by atoms with Crippen LogP contribution in [0.5, 0.6) is 5.75 Å². The Kier molecular flexibility index (Phi) is 5.45. The number of halogens is 1. The Hall–Kier alpha value is -1.22. The molecule has 0 amide bonds. The Morgan fingerprint density at radius 1 is 1.00 bits per heavy atom. The highest BCUT2D eigenvalue weighted by Gasteiger charge is 2.27.